The molecule has 1 aromatic heterocycles. The highest BCUT2D eigenvalue weighted by atomic mass is 16.1. The molecule has 0 saturated heterocycles. The van der Waals surface area contributed by atoms with Crippen LogP contribution in [0.2, 0.25) is 0 Å². The minimum atomic E-state index is -0.153. The van der Waals surface area contributed by atoms with Gasteiger partial charge in [0.05, 0.1) is 0 Å². The first kappa shape index (κ1) is 14.3. The fraction of sp³-hybridized carbons (Fsp3) is 0.333. The molecule has 0 bridgehead atoms. The van der Waals surface area contributed by atoms with Gasteiger partial charge in [-0.2, -0.15) is 0 Å². The molecule has 20 heavy (non-hydrogen) atoms. The van der Waals surface area contributed by atoms with Crippen LogP contribution in [0.15, 0.2) is 41.2 Å². The second kappa shape index (κ2) is 6.34. The SMILES string of the molecule is CC(C)c1nc(NCC(N)c2ccccc2)cc(=O)[nH]1. The van der Waals surface area contributed by atoms with Gasteiger partial charge in [0.15, 0.2) is 0 Å². The Kier molecular flexibility index (Phi) is 4.53. The number of aromatic amines is 1. The lowest BCUT2D eigenvalue weighted by molar-refractivity contribution is 0.745. The Labute approximate surface area is 118 Å². The van der Waals surface area contributed by atoms with Gasteiger partial charge < -0.3 is 16.0 Å². The molecule has 4 N–H and O–H groups in total. The molecule has 0 amide bonds. The Hall–Kier alpha value is -2.14. The van der Waals surface area contributed by atoms with Crippen LogP contribution in [0, 0.1) is 0 Å². The third-order valence-electron chi connectivity index (χ3n) is 3.04. The van der Waals surface area contributed by atoms with E-state index in [-0.39, 0.29) is 17.5 Å². The first-order chi connectivity index (χ1) is 9.56. The molecule has 0 aliphatic rings. The third kappa shape index (κ3) is 3.68. The van der Waals surface area contributed by atoms with Crippen LogP contribution >= 0.6 is 0 Å². The molecule has 0 saturated carbocycles. The molecule has 0 aliphatic heterocycles. The molecular weight excluding hydrogens is 252 g/mol. The molecule has 0 aliphatic carbocycles. The van der Waals surface area contributed by atoms with Crippen molar-refractivity contribution >= 4 is 5.82 Å². The van der Waals surface area contributed by atoms with Crippen molar-refractivity contribution in [1.29, 1.82) is 0 Å². The summed E-state index contributed by atoms with van der Waals surface area (Å²) in [6.07, 6.45) is 0. The number of nitrogens with zero attached hydrogens (tertiary/aromatic N) is 1. The van der Waals surface area contributed by atoms with Crippen molar-refractivity contribution in [3.8, 4) is 0 Å². The summed E-state index contributed by atoms with van der Waals surface area (Å²) in [5.74, 6) is 1.41. The van der Waals surface area contributed by atoms with Crippen molar-refractivity contribution < 1.29 is 0 Å². The van der Waals surface area contributed by atoms with Crippen LogP contribution in [-0.4, -0.2) is 16.5 Å². The van der Waals surface area contributed by atoms with Gasteiger partial charge in [-0.15, -0.1) is 0 Å². The average Bonchev–Trinajstić information content (AvgIpc) is 2.45. The molecule has 1 heterocycles. The van der Waals surface area contributed by atoms with Gasteiger partial charge in [0.25, 0.3) is 5.56 Å². The van der Waals surface area contributed by atoms with Crippen LogP contribution < -0.4 is 16.6 Å². The number of nitrogens with one attached hydrogen (secondary N) is 2. The molecular formula is C15H20N4O. The number of rotatable bonds is 5. The van der Waals surface area contributed by atoms with E-state index in [9.17, 15) is 4.79 Å². The number of anilines is 1. The summed E-state index contributed by atoms with van der Waals surface area (Å²) in [4.78, 5) is 18.7. The van der Waals surface area contributed by atoms with Crippen molar-refractivity contribution in [2.24, 2.45) is 5.73 Å². The average molecular weight is 272 g/mol. The fourth-order valence-corrected chi connectivity index (χ4v) is 1.87. The van der Waals surface area contributed by atoms with Crippen LogP contribution in [0.4, 0.5) is 5.82 Å². The molecule has 1 unspecified atom stereocenters. The maximum Gasteiger partial charge on any atom is 0.252 e. The van der Waals surface area contributed by atoms with Gasteiger partial charge in [-0.25, -0.2) is 4.98 Å². The van der Waals surface area contributed by atoms with Crippen LogP contribution in [-0.2, 0) is 0 Å². The quantitative estimate of drug-likeness (QED) is 0.777. The summed E-state index contributed by atoms with van der Waals surface area (Å²) in [6.45, 7) is 4.49. The van der Waals surface area contributed by atoms with Crippen molar-refractivity contribution in [1.82, 2.24) is 9.97 Å². The molecule has 0 radical (unpaired) electrons. The van der Waals surface area contributed by atoms with Crippen molar-refractivity contribution in [2.75, 3.05) is 11.9 Å². The van der Waals surface area contributed by atoms with E-state index in [2.05, 4.69) is 15.3 Å². The summed E-state index contributed by atoms with van der Waals surface area (Å²) in [6, 6.07) is 11.1. The van der Waals surface area contributed by atoms with Crippen LogP contribution in [0.5, 0.6) is 0 Å². The first-order valence-corrected chi connectivity index (χ1v) is 6.72. The predicted molar refractivity (Wildman–Crippen MR) is 80.8 cm³/mol. The van der Waals surface area contributed by atoms with E-state index >= 15 is 0 Å². The van der Waals surface area contributed by atoms with Gasteiger partial charge in [0, 0.05) is 24.6 Å². The van der Waals surface area contributed by atoms with Gasteiger partial charge in [-0.1, -0.05) is 44.2 Å². The highest BCUT2D eigenvalue weighted by Crippen LogP contribution is 2.12. The topological polar surface area (TPSA) is 83.8 Å². The van der Waals surface area contributed by atoms with E-state index in [0.29, 0.717) is 18.2 Å². The van der Waals surface area contributed by atoms with Gasteiger partial charge in [-0.3, -0.25) is 4.79 Å². The molecule has 1 atom stereocenters. The summed E-state index contributed by atoms with van der Waals surface area (Å²) >= 11 is 0. The van der Waals surface area contributed by atoms with Crippen molar-refractivity contribution in [3.05, 3.63) is 58.1 Å². The lowest BCUT2D eigenvalue weighted by Gasteiger charge is -2.14. The number of H-pyrrole nitrogens is 1. The van der Waals surface area contributed by atoms with Crippen molar-refractivity contribution in [2.45, 2.75) is 25.8 Å². The summed E-state index contributed by atoms with van der Waals surface area (Å²) < 4.78 is 0. The Morgan fingerprint density at radius 3 is 2.65 bits per heavy atom. The van der Waals surface area contributed by atoms with Gasteiger partial charge in [0.2, 0.25) is 0 Å². The summed E-state index contributed by atoms with van der Waals surface area (Å²) in [5, 5.41) is 3.12. The number of benzene rings is 1. The number of hydrogen-bond donors (Lipinski definition) is 3. The lowest BCUT2D eigenvalue weighted by atomic mass is 10.1. The van der Waals surface area contributed by atoms with Gasteiger partial charge >= 0.3 is 0 Å². The molecule has 2 rings (SSSR count). The maximum absolute atomic E-state index is 11.6. The molecule has 5 nitrogen and oxygen atoms in total. The van der Waals surface area contributed by atoms with Gasteiger partial charge in [-0.05, 0) is 5.56 Å². The normalized spacial score (nSPS) is 12.4. The molecule has 106 valence electrons. The zero-order chi connectivity index (χ0) is 14.5. The Bertz CT molecular complexity index is 607. The molecule has 2 aromatic rings. The zero-order valence-corrected chi connectivity index (χ0v) is 11.8. The summed E-state index contributed by atoms with van der Waals surface area (Å²) in [5.41, 5.74) is 7.00. The van der Waals surface area contributed by atoms with Crippen LogP contribution in [0.3, 0.4) is 0 Å². The number of hydrogen-bond acceptors (Lipinski definition) is 4. The van der Waals surface area contributed by atoms with E-state index in [4.69, 9.17) is 5.73 Å². The molecule has 1 aromatic carbocycles. The lowest BCUT2D eigenvalue weighted by Crippen LogP contribution is -2.22. The van der Waals surface area contributed by atoms with Crippen LogP contribution in [0.1, 0.15) is 37.2 Å². The van der Waals surface area contributed by atoms with E-state index < -0.39 is 0 Å². The maximum atomic E-state index is 11.6. The number of nitrogens with two attached hydrogens (primary N) is 1. The fourth-order valence-electron chi connectivity index (χ4n) is 1.87. The number of aromatic nitrogens is 2. The summed E-state index contributed by atoms with van der Waals surface area (Å²) in [7, 11) is 0. The zero-order valence-electron chi connectivity index (χ0n) is 11.8. The first-order valence-electron chi connectivity index (χ1n) is 6.72. The molecule has 0 fully saturated rings. The minimum absolute atomic E-state index is 0.139. The highest BCUT2D eigenvalue weighted by molar-refractivity contribution is 5.34. The van der Waals surface area contributed by atoms with Crippen molar-refractivity contribution in [3.63, 3.8) is 0 Å². The molecule has 0 spiro atoms. The highest BCUT2D eigenvalue weighted by Gasteiger charge is 2.08. The second-order valence-corrected chi connectivity index (χ2v) is 5.07. The second-order valence-electron chi connectivity index (χ2n) is 5.07. The van der Waals surface area contributed by atoms with E-state index in [1.807, 2.05) is 44.2 Å². The third-order valence-corrected chi connectivity index (χ3v) is 3.04. The largest absolute Gasteiger partial charge is 0.368 e. The van der Waals surface area contributed by atoms with E-state index in [1.165, 1.54) is 6.07 Å². The Morgan fingerprint density at radius 2 is 2.00 bits per heavy atom. The van der Waals surface area contributed by atoms with Gasteiger partial charge in [0.1, 0.15) is 11.6 Å². The van der Waals surface area contributed by atoms with E-state index in [0.717, 1.165) is 5.56 Å². The smallest absolute Gasteiger partial charge is 0.252 e. The Balaban J connectivity index is 2.06. The monoisotopic (exact) mass is 272 g/mol. The predicted octanol–water partition coefficient (Wildman–Crippen LogP) is 2.01. The van der Waals surface area contributed by atoms with E-state index in [1.54, 1.807) is 0 Å². The van der Waals surface area contributed by atoms with Crippen LogP contribution in [0.25, 0.3) is 0 Å². The minimum Gasteiger partial charge on any atom is -0.368 e. The Morgan fingerprint density at radius 1 is 1.30 bits per heavy atom. The standard InChI is InChI=1S/C15H20N4O/c1-10(2)15-18-13(8-14(20)19-15)17-9-12(16)11-6-4-3-5-7-11/h3-8,10,12H,9,16H2,1-2H3,(H2,17,18,19,20). The molecule has 5 heteroatoms.